The summed E-state index contributed by atoms with van der Waals surface area (Å²) in [6.07, 6.45) is 3.21. The van der Waals surface area contributed by atoms with E-state index >= 15 is 0 Å². The fourth-order valence-electron chi connectivity index (χ4n) is 2.33. The monoisotopic (exact) mass is 340 g/mol. The Morgan fingerprint density at radius 2 is 2.35 bits per heavy atom. The largest absolute Gasteiger partial charge is 0.466 e. The molecule has 0 spiro atoms. The van der Waals surface area contributed by atoms with Crippen molar-refractivity contribution in [3.63, 3.8) is 0 Å². The van der Waals surface area contributed by atoms with Crippen LogP contribution in [0.1, 0.15) is 30.1 Å². The number of rotatable bonds is 3. The third kappa shape index (κ3) is 3.36. The maximum absolute atomic E-state index is 12.5. The van der Waals surface area contributed by atoms with E-state index in [0.29, 0.717) is 29.9 Å². The molecule has 5 nitrogen and oxygen atoms in total. The molecule has 0 saturated carbocycles. The van der Waals surface area contributed by atoms with Gasteiger partial charge >= 0.3 is 5.97 Å². The van der Waals surface area contributed by atoms with Crippen molar-refractivity contribution in [1.82, 2.24) is 9.88 Å². The maximum atomic E-state index is 12.5. The van der Waals surface area contributed by atoms with E-state index in [2.05, 4.69) is 20.9 Å². The highest BCUT2D eigenvalue weighted by Crippen LogP contribution is 2.22. The Morgan fingerprint density at radius 1 is 1.55 bits per heavy atom. The normalized spacial score (nSPS) is 18.7. The van der Waals surface area contributed by atoms with Gasteiger partial charge in [0, 0.05) is 19.3 Å². The highest BCUT2D eigenvalue weighted by atomic mass is 79.9. The van der Waals surface area contributed by atoms with Crippen LogP contribution in [0, 0.1) is 5.92 Å². The molecule has 0 unspecified atom stereocenters. The molecule has 0 radical (unpaired) electrons. The van der Waals surface area contributed by atoms with Gasteiger partial charge < -0.3 is 9.64 Å². The van der Waals surface area contributed by atoms with Crippen molar-refractivity contribution >= 4 is 27.8 Å². The lowest BCUT2D eigenvalue weighted by Crippen LogP contribution is -2.43. The Hall–Kier alpha value is -1.43. The van der Waals surface area contributed by atoms with Crippen molar-refractivity contribution in [2.45, 2.75) is 19.8 Å². The molecule has 0 bridgehead atoms. The van der Waals surface area contributed by atoms with Crippen molar-refractivity contribution < 1.29 is 14.3 Å². The van der Waals surface area contributed by atoms with Crippen LogP contribution in [0.15, 0.2) is 22.9 Å². The lowest BCUT2D eigenvalue weighted by atomic mass is 9.97. The maximum Gasteiger partial charge on any atom is 0.310 e. The first-order chi connectivity index (χ1) is 9.63. The van der Waals surface area contributed by atoms with Gasteiger partial charge in [-0.3, -0.25) is 9.59 Å². The number of likely N-dealkylation sites (tertiary alicyclic amines) is 1. The minimum absolute atomic E-state index is 0.0982. The molecule has 1 aromatic heterocycles. The van der Waals surface area contributed by atoms with E-state index in [0.717, 1.165) is 12.8 Å². The van der Waals surface area contributed by atoms with E-state index in [1.165, 1.54) is 0 Å². The van der Waals surface area contributed by atoms with Crippen LogP contribution in [-0.2, 0) is 9.53 Å². The first kappa shape index (κ1) is 15.0. The van der Waals surface area contributed by atoms with E-state index in [1.807, 2.05) is 0 Å². The number of halogens is 1. The Bertz CT molecular complexity index is 507. The van der Waals surface area contributed by atoms with Crippen LogP contribution < -0.4 is 0 Å². The van der Waals surface area contributed by atoms with Crippen LogP contribution in [0.2, 0.25) is 0 Å². The number of amides is 1. The van der Waals surface area contributed by atoms with Crippen LogP contribution in [-0.4, -0.2) is 41.5 Å². The summed E-state index contributed by atoms with van der Waals surface area (Å²) >= 11 is 3.28. The van der Waals surface area contributed by atoms with Gasteiger partial charge in [-0.15, -0.1) is 0 Å². The van der Waals surface area contributed by atoms with E-state index in [-0.39, 0.29) is 17.8 Å². The SMILES string of the molecule is CCOC(=O)[C@H]1CCCN(C(=O)c2cccnc2Br)C1. The van der Waals surface area contributed by atoms with Crippen LogP contribution >= 0.6 is 15.9 Å². The van der Waals surface area contributed by atoms with Crippen LogP contribution in [0.4, 0.5) is 0 Å². The van der Waals surface area contributed by atoms with Crippen LogP contribution in [0.3, 0.4) is 0 Å². The first-order valence-corrected chi connectivity index (χ1v) is 7.49. The Kier molecular flexibility index (Phi) is 5.11. The molecule has 20 heavy (non-hydrogen) atoms. The predicted molar refractivity (Wildman–Crippen MR) is 77.2 cm³/mol. The highest BCUT2D eigenvalue weighted by Gasteiger charge is 2.30. The van der Waals surface area contributed by atoms with E-state index < -0.39 is 0 Å². The van der Waals surface area contributed by atoms with Gasteiger partial charge in [0.1, 0.15) is 4.60 Å². The lowest BCUT2D eigenvalue weighted by molar-refractivity contribution is -0.149. The fraction of sp³-hybridized carbons (Fsp3) is 0.500. The van der Waals surface area contributed by atoms with Gasteiger partial charge in [-0.2, -0.15) is 0 Å². The van der Waals surface area contributed by atoms with Gasteiger partial charge in [0.05, 0.1) is 18.1 Å². The number of aromatic nitrogens is 1. The molecule has 1 aliphatic rings. The summed E-state index contributed by atoms with van der Waals surface area (Å²) < 4.78 is 5.57. The van der Waals surface area contributed by atoms with Crippen molar-refractivity contribution in [3.8, 4) is 0 Å². The zero-order chi connectivity index (χ0) is 14.5. The summed E-state index contributed by atoms with van der Waals surface area (Å²) in [6.45, 7) is 3.24. The molecule has 1 fully saturated rings. The zero-order valence-electron chi connectivity index (χ0n) is 11.3. The molecule has 1 atom stereocenters. The third-order valence-electron chi connectivity index (χ3n) is 3.32. The fourth-order valence-corrected chi connectivity index (χ4v) is 2.75. The minimum atomic E-state index is -0.219. The zero-order valence-corrected chi connectivity index (χ0v) is 12.9. The van der Waals surface area contributed by atoms with Gasteiger partial charge in [-0.1, -0.05) is 0 Å². The smallest absolute Gasteiger partial charge is 0.310 e. The Morgan fingerprint density at radius 3 is 3.05 bits per heavy atom. The first-order valence-electron chi connectivity index (χ1n) is 6.70. The van der Waals surface area contributed by atoms with Crippen molar-refractivity contribution in [3.05, 3.63) is 28.5 Å². The highest BCUT2D eigenvalue weighted by molar-refractivity contribution is 9.10. The van der Waals surface area contributed by atoms with Gasteiger partial charge in [0.2, 0.25) is 0 Å². The molecule has 0 aliphatic carbocycles. The summed E-state index contributed by atoms with van der Waals surface area (Å²) in [5.74, 6) is -0.530. The summed E-state index contributed by atoms with van der Waals surface area (Å²) in [5.41, 5.74) is 0.525. The second kappa shape index (κ2) is 6.83. The molecule has 1 aromatic rings. The molecule has 0 N–H and O–H groups in total. The standard InChI is InChI=1S/C14H17BrN2O3/c1-2-20-14(19)10-5-4-8-17(9-10)13(18)11-6-3-7-16-12(11)15/h3,6-7,10H,2,4-5,8-9H2,1H3/t10-/m0/s1. The van der Waals surface area contributed by atoms with E-state index in [1.54, 1.807) is 30.2 Å². The second-order valence-corrected chi connectivity index (χ2v) is 5.44. The topological polar surface area (TPSA) is 59.5 Å². The van der Waals surface area contributed by atoms with Gasteiger partial charge in [0.25, 0.3) is 5.91 Å². The number of ether oxygens (including phenoxy) is 1. The van der Waals surface area contributed by atoms with Crippen molar-refractivity contribution in [2.24, 2.45) is 5.92 Å². The lowest BCUT2D eigenvalue weighted by Gasteiger charge is -2.31. The summed E-state index contributed by atoms with van der Waals surface area (Å²) in [4.78, 5) is 30.0. The molecule has 0 aromatic carbocycles. The molecule has 1 saturated heterocycles. The molecule has 2 heterocycles. The quantitative estimate of drug-likeness (QED) is 0.625. The van der Waals surface area contributed by atoms with E-state index in [4.69, 9.17) is 4.74 Å². The second-order valence-electron chi connectivity index (χ2n) is 4.68. The average Bonchev–Trinajstić information content (AvgIpc) is 2.47. The number of carbonyl (C=O) groups is 2. The van der Waals surface area contributed by atoms with Crippen molar-refractivity contribution in [1.29, 1.82) is 0 Å². The van der Waals surface area contributed by atoms with Gasteiger partial charge in [-0.25, -0.2) is 4.98 Å². The number of piperidine rings is 1. The molecule has 2 rings (SSSR count). The summed E-state index contributed by atoms with van der Waals surface area (Å²) in [5, 5.41) is 0. The summed E-state index contributed by atoms with van der Waals surface area (Å²) in [7, 11) is 0. The van der Waals surface area contributed by atoms with Crippen molar-refractivity contribution in [2.75, 3.05) is 19.7 Å². The number of hydrogen-bond donors (Lipinski definition) is 0. The number of nitrogens with zero attached hydrogens (tertiary/aromatic N) is 2. The Labute approximate surface area is 126 Å². The third-order valence-corrected chi connectivity index (χ3v) is 3.95. The number of carbonyl (C=O) groups excluding carboxylic acids is 2. The van der Waals surface area contributed by atoms with Crippen LogP contribution in [0.25, 0.3) is 0 Å². The van der Waals surface area contributed by atoms with Crippen LogP contribution in [0.5, 0.6) is 0 Å². The molecule has 6 heteroatoms. The number of hydrogen-bond acceptors (Lipinski definition) is 4. The van der Waals surface area contributed by atoms with Gasteiger partial charge in [0.15, 0.2) is 0 Å². The Balaban J connectivity index is 2.07. The average molecular weight is 341 g/mol. The molecule has 108 valence electrons. The number of esters is 1. The molecular weight excluding hydrogens is 324 g/mol. The number of pyridine rings is 1. The molecular formula is C14H17BrN2O3. The molecule has 1 amide bonds. The minimum Gasteiger partial charge on any atom is -0.466 e. The van der Waals surface area contributed by atoms with Gasteiger partial charge in [-0.05, 0) is 47.8 Å². The molecule has 1 aliphatic heterocycles. The summed E-state index contributed by atoms with van der Waals surface area (Å²) in [6, 6.07) is 3.46. The predicted octanol–water partition coefficient (Wildman–Crippen LogP) is 2.26. The van der Waals surface area contributed by atoms with E-state index in [9.17, 15) is 9.59 Å².